The highest BCUT2D eigenvalue weighted by Crippen LogP contribution is 2.33. The first kappa shape index (κ1) is 21.5. The summed E-state index contributed by atoms with van der Waals surface area (Å²) in [6.07, 6.45) is 5.72. The van der Waals surface area contributed by atoms with E-state index in [0.717, 1.165) is 0 Å². The highest BCUT2D eigenvalue weighted by Gasteiger charge is 2.38. The number of alkyl halides is 2. The normalized spacial score (nSPS) is 21.4. The van der Waals surface area contributed by atoms with Gasteiger partial charge in [-0.3, -0.25) is 9.79 Å². The van der Waals surface area contributed by atoms with Crippen LogP contribution in [0.1, 0.15) is 46.4 Å². The van der Waals surface area contributed by atoms with Gasteiger partial charge in [-0.05, 0) is 23.4 Å². The SMILES string of the molecule is CC1C=CC(C(=O)C[n+]2[nH]cc3c(N4CCCC(F)(F)C4)nc(C(C)(C)C)nc32)=NC1. The predicted octanol–water partition coefficient (Wildman–Crippen LogP) is 2.99. The maximum Gasteiger partial charge on any atom is 0.356 e. The van der Waals surface area contributed by atoms with Crippen molar-refractivity contribution in [2.75, 3.05) is 24.5 Å². The fourth-order valence-electron chi connectivity index (χ4n) is 3.85. The molecular formula is C22H29F2N6O+. The quantitative estimate of drug-likeness (QED) is 0.755. The number of carbonyl (C=O) groups excluding carboxylic acids is 1. The third-order valence-electron chi connectivity index (χ3n) is 5.61. The number of rotatable bonds is 4. The van der Waals surface area contributed by atoms with Crippen LogP contribution in [0.15, 0.2) is 23.3 Å². The van der Waals surface area contributed by atoms with Crippen LogP contribution in [0.5, 0.6) is 0 Å². The number of nitrogens with zero attached hydrogens (tertiary/aromatic N) is 5. The number of ketones is 1. The molecule has 1 N–H and O–H groups in total. The lowest BCUT2D eigenvalue weighted by molar-refractivity contribution is -0.715. The molecule has 0 aromatic carbocycles. The maximum atomic E-state index is 14.1. The van der Waals surface area contributed by atoms with Crippen molar-refractivity contribution in [3.63, 3.8) is 0 Å². The Morgan fingerprint density at radius 3 is 2.77 bits per heavy atom. The first-order chi connectivity index (χ1) is 14.5. The van der Waals surface area contributed by atoms with Crippen LogP contribution in [-0.4, -0.2) is 52.1 Å². The smallest absolute Gasteiger partial charge is 0.350 e. The summed E-state index contributed by atoms with van der Waals surface area (Å²) in [5, 5.41) is 3.70. The highest BCUT2D eigenvalue weighted by molar-refractivity contribution is 6.44. The van der Waals surface area contributed by atoms with Crippen molar-refractivity contribution in [2.45, 2.75) is 58.4 Å². The van der Waals surface area contributed by atoms with Crippen LogP contribution in [0.25, 0.3) is 11.0 Å². The van der Waals surface area contributed by atoms with E-state index in [1.807, 2.05) is 33.8 Å². The third-order valence-corrected chi connectivity index (χ3v) is 5.61. The van der Waals surface area contributed by atoms with Crippen molar-refractivity contribution in [1.82, 2.24) is 15.1 Å². The number of hydrogen-bond acceptors (Lipinski definition) is 5. The summed E-state index contributed by atoms with van der Waals surface area (Å²) in [5.74, 6) is -1.52. The van der Waals surface area contributed by atoms with Gasteiger partial charge in [0.05, 0.1) is 12.7 Å². The minimum absolute atomic E-state index is 0.0389. The summed E-state index contributed by atoms with van der Waals surface area (Å²) < 4.78 is 29.9. The Bertz CT molecular complexity index is 1070. The van der Waals surface area contributed by atoms with Gasteiger partial charge in [-0.25, -0.2) is 13.9 Å². The lowest BCUT2D eigenvalue weighted by Crippen LogP contribution is -2.44. The first-order valence-electron chi connectivity index (χ1n) is 10.7. The van der Waals surface area contributed by atoms with Crippen LogP contribution in [-0.2, 0) is 16.8 Å². The number of dihydropyridines is 1. The largest absolute Gasteiger partial charge is 0.356 e. The van der Waals surface area contributed by atoms with Gasteiger partial charge in [0.1, 0.15) is 11.1 Å². The van der Waals surface area contributed by atoms with Crippen LogP contribution < -0.4 is 9.58 Å². The number of nitrogens with one attached hydrogen (secondary N) is 1. The number of aromatic nitrogens is 4. The molecular weight excluding hydrogens is 402 g/mol. The average Bonchev–Trinajstić information content (AvgIpc) is 3.09. The van der Waals surface area contributed by atoms with Gasteiger partial charge < -0.3 is 4.90 Å². The molecule has 2 aliphatic rings. The molecule has 4 rings (SSSR count). The van der Waals surface area contributed by atoms with Crippen LogP contribution in [0.2, 0.25) is 0 Å². The third kappa shape index (κ3) is 4.50. The molecule has 2 aliphatic heterocycles. The minimum Gasteiger partial charge on any atom is -0.350 e. The molecule has 0 aliphatic carbocycles. The molecule has 2 aromatic rings. The fourth-order valence-corrected chi connectivity index (χ4v) is 3.85. The number of anilines is 1. The zero-order valence-corrected chi connectivity index (χ0v) is 18.5. The Kier molecular flexibility index (Phi) is 5.39. The van der Waals surface area contributed by atoms with E-state index < -0.39 is 5.92 Å². The number of hydrogen-bond donors (Lipinski definition) is 1. The summed E-state index contributed by atoms with van der Waals surface area (Å²) in [5.41, 5.74) is 0.590. The second kappa shape index (κ2) is 7.76. The van der Waals surface area contributed by atoms with Crippen molar-refractivity contribution in [3.8, 4) is 0 Å². The topological polar surface area (TPSA) is 78.1 Å². The van der Waals surface area contributed by atoms with Crippen LogP contribution in [0.4, 0.5) is 14.6 Å². The number of Topliss-reactive ketones (excluding diaryl/α,β-unsaturated/α-hetero) is 1. The van der Waals surface area contributed by atoms with Gasteiger partial charge in [0.2, 0.25) is 11.6 Å². The minimum atomic E-state index is -2.75. The van der Waals surface area contributed by atoms with Gasteiger partial charge in [0, 0.05) is 24.9 Å². The molecule has 166 valence electrons. The van der Waals surface area contributed by atoms with Gasteiger partial charge in [0.15, 0.2) is 12.4 Å². The molecule has 0 spiro atoms. The van der Waals surface area contributed by atoms with Crippen molar-refractivity contribution in [3.05, 3.63) is 24.2 Å². The average molecular weight is 432 g/mol. The van der Waals surface area contributed by atoms with Crippen LogP contribution in [0, 0.1) is 5.92 Å². The molecule has 1 atom stereocenters. The lowest BCUT2D eigenvalue weighted by Gasteiger charge is -2.33. The summed E-state index contributed by atoms with van der Waals surface area (Å²) >= 11 is 0. The predicted molar refractivity (Wildman–Crippen MR) is 115 cm³/mol. The summed E-state index contributed by atoms with van der Waals surface area (Å²) in [6, 6.07) is 0. The number of H-pyrrole nitrogens is 1. The summed E-state index contributed by atoms with van der Waals surface area (Å²) in [6.45, 7) is 8.76. The number of aliphatic imine (C=N–C) groups is 1. The van der Waals surface area contributed by atoms with Crippen molar-refractivity contribution in [1.29, 1.82) is 0 Å². The molecule has 0 bridgehead atoms. The van der Waals surface area contributed by atoms with Crippen molar-refractivity contribution >= 4 is 28.3 Å². The summed E-state index contributed by atoms with van der Waals surface area (Å²) in [7, 11) is 0. The number of fused-ring (bicyclic) bond motifs is 1. The maximum absolute atomic E-state index is 14.1. The molecule has 0 radical (unpaired) electrons. The Morgan fingerprint density at radius 2 is 2.13 bits per heavy atom. The Hall–Kier alpha value is -2.71. The number of piperidine rings is 1. The lowest BCUT2D eigenvalue weighted by atomic mass is 9.95. The Labute approximate surface area is 180 Å². The molecule has 0 amide bonds. The Morgan fingerprint density at radius 1 is 1.35 bits per heavy atom. The molecule has 31 heavy (non-hydrogen) atoms. The standard InChI is InChI=1S/C22H28F2N6O/c1-14-6-7-16(25-10-14)17(31)12-30-19-15(11-26-30)18(27-20(28-19)21(2,3)4)29-9-5-8-22(23,24)13-29/h6-7,11,14H,5,8-10,12-13H2,1-4H3/p+1. The van der Waals surface area contributed by atoms with Gasteiger partial charge >= 0.3 is 5.65 Å². The van der Waals surface area contributed by atoms with E-state index in [9.17, 15) is 13.6 Å². The van der Waals surface area contributed by atoms with E-state index in [0.29, 0.717) is 53.8 Å². The van der Waals surface area contributed by atoms with Gasteiger partial charge in [-0.2, -0.15) is 4.98 Å². The molecule has 1 saturated heterocycles. The molecule has 4 heterocycles. The van der Waals surface area contributed by atoms with Gasteiger partial charge in [0.25, 0.3) is 5.92 Å². The van der Waals surface area contributed by atoms with E-state index in [1.165, 1.54) is 0 Å². The van der Waals surface area contributed by atoms with Crippen molar-refractivity contribution in [2.24, 2.45) is 10.9 Å². The molecule has 2 aromatic heterocycles. The molecule has 0 saturated carbocycles. The fraction of sp³-hybridized carbons (Fsp3) is 0.591. The van der Waals surface area contributed by atoms with Crippen LogP contribution >= 0.6 is 0 Å². The highest BCUT2D eigenvalue weighted by atomic mass is 19.3. The van der Waals surface area contributed by atoms with E-state index in [4.69, 9.17) is 4.98 Å². The van der Waals surface area contributed by atoms with E-state index in [-0.39, 0.29) is 30.7 Å². The molecule has 1 fully saturated rings. The second-order valence-corrected chi connectivity index (χ2v) is 9.58. The van der Waals surface area contributed by atoms with Gasteiger partial charge in [-0.1, -0.05) is 33.8 Å². The number of aromatic amines is 1. The zero-order valence-electron chi connectivity index (χ0n) is 18.5. The molecule has 9 heteroatoms. The van der Waals surface area contributed by atoms with E-state index in [1.54, 1.807) is 21.9 Å². The van der Waals surface area contributed by atoms with Gasteiger partial charge in [-0.15, -0.1) is 4.68 Å². The zero-order chi connectivity index (χ0) is 22.4. The summed E-state index contributed by atoms with van der Waals surface area (Å²) in [4.78, 5) is 28.2. The molecule has 1 unspecified atom stereocenters. The number of halogens is 2. The first-order valence-corrected chi connectivity index (χ1v) is 10.7. The number of allylic oxidation sites excluding steroid dienone is 1. The Balaban J connectivity index is 1.73. The molecule has 7 nitrogen and oxygen atoms in total. The van der Waals surface area contributed by atoms with E-state index in [2.05, 4.69) is 15.1 Å². The van der Waals surface area contributed by atoms with Crippen LogP contribution in [0.3, 0.4) is 0 Å². The van der Waals surface area contributed by atoms with E-state index >= 15 is 0 Å². The number of carbonyl (C=O) groups is 1. The second-order valence-electron chi connectivity index (χ2n) is 9.58. The monoisotopic (exact) mass is 431 g/mol. The van der Waals surface area contributed by atoms with Crippen molar-refractivity contribution < 1.29 is 18.3 Å².